The van der Waals surface area contributed by atoms with Gasteiger partial charge in [0, 0.05) is 0 Å². The average molecular weight is 242 g/mol. The molecule has 1 N–H and O–H groups in total. The van der Waals surface area contributed by atoms with E-state index in [4.69, 9.17) is 0 Å². The molecule has 0 amide bonds. The van der Waals surface area contributed by atoms with Crippen LogP contribution < -0.4 is 0 Å². The minimum Gasteiger partial charge on any atom is -0.390 e. The summed E-state index contributed by atoms with van der Waals surface area (Å²) in [5.41, 5.74) is -0.547. The third-order valence-electron chi connectivity index (χ3n) is 6.53. The Balaban J connectivity index is 5.73. The highest BCUT2D eigenvalue weighted by Crippen LogP contribution is 2.61. The van der Waals surface area contributed by atoms with Crippen LogP contribution in [0, 0.1) is 21.7 Å². The van der Waals surface area contributed by atoms with Crippen LogP contribution in [0.1, 0.15) is 76.2 Å². The van der Waals surface area contributed by atoms with Gasteiger partial charge in [0.25, 0.3) is 0 Å². The van der Waals surface area contributed by atoms with Crippen LogP contribution >= 0.6 is 0 Å². The minimum absolute atomic E-state index is 0.0104. The molecule has 0 rings (SSSR count). The number of hydrogen-bond donors (Lipinski definition) is 1. The maximum Gasteiger partial charge on any atom is 0.0647 e. The molecule has 0 saturated heterocycles. The van der Waals surface area contributed by atoms with Crippen LogP contribution in [0.5, 0.6) is 0 Å². The van der Waals surface area contributed by atoms with Gasteiger partial charge >= 0.3 is 0 Å². The van der Waals surface area contributed by atoms with E-state index in [2.05, 4.69) is 62.3 Å². The summed E-state index contributed by atoms with van der Waals surface area (Å²) in [6.45, 7) is 24.3. The molecule has 0 atom stereocenters. The fourth-order valence-electron chi connectivity index (χ4n) is 2.48. The molecule has 1 heteroatoms. The molecule has 0 aromatic heterocycles. The average Bonchev–Trinajstić information content (AvgIpc) is 1.98. The standard InChI is InChI=1S/C16H34O/c1-12(2,3)13(4,5)14(6,7)15(8,9)16(10,11)17/h17H,1-11H3. The second-order valence-electron chi connectivity index (χ2n) is 8.68. The van der Waals surface area contributed by atoms with Crippen molar-refractivity contribution in [3.05, 3.63) is 0 Å². The van der Waals surface area contributed by atoms with Crippen molar-refractivity contribution in [3.8, 4) is 0 Å². The molecule has 0 aliphatic heterocycles. The molecule has 0 aliphatic carbocycles. The van der Waals surface area contributed by atoms with Gasteiger partial charge in [-0.05, 0) is 35.5 Å². The molecule has 0 aromatic carbocycles. The van der Waals surface area contributed by atoms with E-state index in [1.165, 1.54) is 0 Å². The monoisotopic (exact) mass is 242 g/mol. The molecule has 0 spiro atoms. The normalized spacial score (nSPS) is 16.2. The van der Waals surface area contributed by atoms with Crippen LogP contribution in [0.2, 0.25) is 0 Å². The summed E-state index contributed by atoms with van der Waals surface area (Å²) in [6, 6.07) is 0. The molecule has 0 fully saturated rings. The molecule has 0 aliphatic rings. The summed E-state index contributed by atoms with van der Waals surface area (Å²) < 4.78 is 0. The van der Waals surface area contributed by atoms with E-state index in [-0.39, 0.29) is 21.7 Å². The van der Waals surface area contributed by atoms with Gasteiger partial charge < -0.3 is 5.11 Å². The second kappa shape index (κ2) is 3.98. The maximum atomic E-state index is 10.5. The van der Waals surface area contributed by atoms with Gasteiger partial charge in [0.1, 0.15) is 0 Å². The first-order valence-corrected chi connectivity index (χ1v) is 6.72. The summed E-state index contributed by atoms with van der Waals surface area (Å²) in [6.07, 6.45) is 0. The Morgan fingerprint density at radius 2 is 0.765 bits per heavy atom. The van der Waals surface area contributed by atoms with Crippen molar-refractivity contribution in [2.24, 2.45) is 21.7 Å². The van der Waals surface area contributed by atoms with Crippen LogP contribution in [0.15, 0.2) is 0 Å². The highest BCUT2D eigenvalue weighted by atomic mass is 16.3. The molecule has 104 valence electrons. The summed E-state index contributed by atoms with van der Waals surface area (Å²) in [4.78, 5) is 0. The van der Waals surface area contributed by atoms with Crippen molar-refractivity contribution in [1.29, 1.82) is 0 Å². The lowest BCUT2D eigenvalue weighted by molar-refractivity contribution is -0.170. The van der Waals surface area contributed by atoms with Crippen molar-refractivity contribution < 1.29 is 5.11 Å². The molecular formula is C16H34O. The van der Waals surface area contributed by atoms with Gasteiger partial charge in [-0.2, -0.15) is 0 Å². The number of rotatable bonds is 3. The smallest absolute Gasteiger partial charge is 0.0647 e. The molecule has 0 unspecified atom stereocenters. The third-order valence-corrected chi connectivity index (χ3v) is 6.53. The fourth-order valence-corrected chi connectivity index (χ4v) is 2.48. The Kier molecular flexibility index (Phi) is 3.97. The van der Waals surface area contributed by atoms with E-state index in [0.717, 1.165) is 0 Å². The van der Waals surface area contributed by atoms with Crippen molar-refractivity contribution in [3.63, 3.8) is 0 Å². The molecule has 1 nitrogen and oxygen atoms in total. The summed E-state index contributed by atoms with van der Waals surface area (Å²) in [5, 5.41) is 10.5. The number of aliphatic hydroxyl groups is 1. The first-order valence-electron chi connectivity index (χ1n) is 6.72. The van der Waals surface area contributed by atoms with Gasteiger partial charge in [0.05, 0.1) is 5.60 Å². The molecule has 17 heavy (non-hydrogen) atoms. The largest absolute Gasteiger partial charge is 0.390 e. The Bertz CT molecular complexity index is 241. The molecule has 0 aromatic rings. The highest BCUT2D eigenvalue weighted by Gasteiger charge is 2.57. The van der Waals surface area contributed by atoms with Crippen LogP contribution in [-0.4, -0.2) is 10.7 Å². The van der Waals surface area contributed by atoms with Crippen LogP contribution in [0.25, 0.3) is 0 Å². The minimum atomic E-state index is -0.695. The Hall–Kier alpha value is -0.0400. The Morgan fingerprint density at radius 1 is 0.471 bits per heavy atom. The van der Waals surface area contributed by atoms with Crippen LogP contribution in [0.3, 0.4) is 0 Å². The molecule has 0 bridgehead atoms. The van der Waals surface area contributed by atoms with Gasteiger partial charge in [-0.15, -0.1) is 0 Å². The van der Waals surface area contributed by atoms with Crippen molar-refractivity contribution in [2.75, 3.05) is 0 Å². The zero-order valence-corrected chi connectivity index (χ0v) is 13.9. The van der Waals surface area contributed by atoms with Gasteiger partial charge in [-0.3, -0.25) is 0 Å². The predicted octanol–water partition coefficient (Wildman–Crippen LogP) is 4.88. The zero-order valence-electron chi connectivity index (χ0n) is 13.9. The summed E-state index contributed by atoms with van der Waals surface area (Å²) in [5.74, 6) is 0. The van der Waals surface area contributed by atoms with Crippen molar-refractivity contribution >= 4 is 0 Å². The molecular weight excluding hydrogens is 208 g/mol. The Labute approximate surface area is 109 Å². The van der Waals surface area contributed by atoms with Gasteiger partial charge in [0.15, 0.2) is 0 Å². The SMILES string of the molecule is CC(C)(C)C(C)(C)C(C)(C)C(C)(C)C(C)(C)O. The third kappa shape index (κ3) is 2.41. The van der Waals surface area contributed by atoms with Crippen molar-refractivity contribution in [1.82, 2.24) is 0 Å². The Morgan fingerprint density at radius 3 is 0.941 bits per heavy atom. The lowest BCUT2D eigenvalue weighted by Gasteiger charge is -2.61. The first kappa shape index (κ1) is 17.0. The highest BCUT2D eigenvalue weighted by molar-refractivity contribution is 5.06. The number of hydrogen-bond acceptors (Lipinski definition) is 1. The van der Waals surface area contributed by atoms with E-state index in [0.29, 0.717) is 0 Å². The quantitative estimate of drug-likeness (QED) is 0.747. The topological polar surface area (TPSA) is 20.2 Å². The first-order chi connectivity index (χ1) is 7.00. The van der Waals surface area contributed by atoms with Crippen molar-refractivity contribution in [2.45, 2.75) is 81.8 Å². The molecule has 0 heterocycles. The lowest BCUT2D eigenvalue weighted by Crippen LogP contribution is -2.58. The molecule has 0 saturated carbocycles. The van der Waals surface area contributed by atoms with E-state index in [1.54, 1.807) is 0 Å². The maximum absolute atomic E-state index is 10.5. The summed E-state index contributed by atoms with van der Waals surface area (Å²) >= 11 is 0. The van der Waals surface area contributed by atoms with Crippen LogP contribution in [-0.2, 0) is 0 Å². The van der Waals surface area contributed by atoms with E-state index in [1.807, 2.05) is 13.8 Å². The summed E-state index contributed by atoms with van der Waals surface area (Å²) in [7, 11) is 0. The van der Waals surface area contributed by atoms with E-state index >= 15 is 0 Å². The van der Waals surface area contributed by atoms with E-state index in [9.17, 15) is 5.11 Å². The fraction of sp³-hybridized carbons (Fsp3) is 1.00. The predicted molar refractivity (Wildman–Crippen MR) is 77.1 cm³/mol. The van der Waals surface area contributed by atoms with Gasteiger partial charge in [0.2, 0.25) is 0 Å². The van der Waals surface area contributed by atoms with Gasteiger partial charge in [-0.1, -0.05) is 62.3 Å². The second-order valence-corrected chi connectivity index (χ2v) is 8.68. The molecule has 0 radical (unpaired) electrons. The van der Waals surface area contributed by atoms with Crippen LogP contribution in [0.4, 0.5) is 0 Å². The lowest BCUT2D eigenvalue weighted by atomic mass is 9.45. The van der Waals surface area contributed by atoms with E-state index < -0.39 is 5.60 Å². The zero-order chi connectivity index (χ0) is 14.5. The van der Waals surface area contributed by atoms with Gasteiger partial charge in [-0.25, -0.2) is 0 Å².